The maximum atomic E-state index is 10.7. The van der Waals surface area contributed by atoms with E-state index in [0.717, 1.165) is 12.8 Å². The van der Waals surface area contributed by atoms with Gasteiger partial charge in [-0.3, -0.25) is 4.57 Å². The molecule has 0 aliphatic heterocycles. The molecule has 0 saturated heterocycles. The molecule has 0 radical (unpaired) electrons. The topological polar surface area (TPSA) is 35.5 Å². The van der Waals surface area contributed by atoms with E-state index < -0.39 is 8.25 Å². The third kappa shape index (κ3) is 10.8. The Morgan fingerprint density at radius 3 is 1.73 bits per heavy atom. The Labute approximate surface area is 81.6 Å². The molecule has 0 aromatic carbocycles. The molecule has 0 N–H and O–H groups in total. The van der Waals surface area contributed by atoms with Crippen LogP contribution in [0.4, 0.5) is 0 Å². The summed E-state index contributed by atoms with van der Waals surface area (Å²) < 4.78 is 20.3. The maximum absolute atomic E-state index is 10.7. The van der Waals surface area contributed by atoms with E-state index in [4.69, 9.17) is 9.05 Å². The van der Waals surface area contributed by atoms with Crippen LogP contribution in [0.15, 0.2) is 0 Å². The first-order valence-electron chi connectivity index (χ1n) is 3.60. The minimum absolute atomic E-state index is 0. The molecule has 0 amide bonds. The van der Waals surface area contributed by atoms with Gasteiger partial charge in [0.15, 0.2) is 0 Å². The van der Waals surface area contributed by atoms with Crippen molar-refractivity contribution >= 4 is 8.25 Å². The van der Waals surface area contributed by atoms with E-state index in [-0.39, 0.29) is 19.5 Å². The molecular weight excluding hydrogens is 216 g/mol. The van der Waals surface area contributed by atoms with E-state index in [1.54, 1.807) is 0 Å². The number of hydrogen-bond donors (Lipinski definition) is 0. The van der Waals surface area contributed by atoms with Crippen molar-refractivity contribution in [3.05, 3.63) is 0 Å². The van der Waals surface area contributed by atoms with Crippen molar-refractivity contribution in [3.63, 3.8) is 0 Å². The fourth-order valence-corrected chi connectivity index (χ4v) is 1.24. The molecule has 0 aromatic rings. The van der Waals surface area contributed by atoms with E-state index in [0.29, 0.717) is 13.2 Å². The second kappa shape index (κ2) is 10.8. The van der Waals surface area contributed by atoms with Crippen molar-refractivity contribution in [1.29, 1.82) is 0 Å². The van der Waals surface area contributed by atoms with Gasteiger partial charge in [0.05, 0.1) is 13.2 Å². The van der Waals surface area contributed by atoms with Crippen molar-refractivity contribution in [1.82, 2.24) is 0 Å². The Balaban J connectivity index is 0. The molecule has 0 aliphatic rings. The van der Waals surface area contributed by atoms with E-state index >= 15 is 0 Å². The summed E-state index contributed by atoms with van der Waals surface area (Å²) in [5.41, 5.74) is 0. The minimum Gasteiger partial charge on any atom is -0.311 e. The SMILES string of the molecule is CCCO[PH](=O)OCCC.[Zn]. The quantitative estimate of drug-likeness (QED) is 0.519. The van der Waals surface area contributed by atoms with Gasteiger partial charge in [0, 0.05) is 19.5 Å². The smallest absolute Gasteiger partial charge is 0.311 e. The van der Waals surface area contributed by atoms with Crippen LogP contribution in [0.3, 0.4) is 0 Å². The molecular formula is C6H15O3PZn. The Kier molecular flexibility index (Phi) is 14.0. The van der Waals surface area contributed by atoms with Gasteiger partial charge in [-0.25, -0.2) is 0 Å². The monoisotopic (exact) mass is 230 g/mol. The molecule has 0 rings (SSSR count). The van der Waals surface area contributed by atoms with Gasteiger partial charge in [-0.05, 0) is 12.8 Å². The summed E-state index contributed by atoms with van der Waals surface area (Å²) in [6, 6.07) is 0. The van der Waals surface area contributed by atoms with Gasteiger partial charge in [-0.15, -0.1) is 0 Å². The largest absolute Gasteiger partial charge is 0.319 e. The third-order valence-electron chi connectivity index (χ3n) is 0.848. The minimum atomic E-state index is -2.16. The zero-order chi connectivity index (χ0) is 7.82. The van der Waals surface area contributed by atoms with Crippen molar-refractivity contribution < 1.29 is 33.1 Å². The Bertz CT molecular complexity index is 89.8. The molecule has 11 heavy (non-hydrogen) atoms. The first-order valence-corrected chi connectivity index (χ1v) is 4.83. The molecule has 0 spiro atoms. The zero-order valence-electron chi connectivity index (χ0n) is 7.26. The van der Waals surface area contributed by atoms with E-state index in [2.05, 4.69) is 0 Å². The summed E-state index contributed by atoms with van der Waals surface area (Å²) in [5, 5.41) is 0. The average Bonchev–Trinajstić information content (AvgIpc) is 1.97. The summed E-state index contributed by atoms with van der Waals surface area (Å²) in [6.45, 7) is 4.99. The van der Waals surface area contributed by atoms with E-state index in [9.17, 15) is 4.57 Å². The molecule has 64 valence electrons. The van der Waals surface area contributed by atoms with Crippen LogP contribution in [0.25, 0.3) is 0 Å². The molecule has 5 heteroatoms. The van der Waals surface area contributed by atoms with Crippen molar-refractivity contribution in [3.8, 4) is 0 Å². The Hall–Kier alpha value is 0.773. The van der Waals surface area contributed by atoms with Crippen LogP contribution < -0.4 is 0 Å². The molecule has 0 atom stereocenters. The normalized spacial score (nSPS) is 9.73. The van der Waals surface area contributed by atoms with E-state index in [1.807, 2.05) is 13.8 Å². The standard InChI is InChI=1S/C6H15O3P.Zn/c1-3-5-8-10(7)9-6-4-2;/h10H,3-6H2,1-2H3;. The zero-order valence-corrected chi connectivity index (χ0v) is 11.2. The average molecular weight is 232 g/mol. The van der Waals surface area contributed by atoms with Crippen molar-refractivity contribution in [2.75, 3.05) is 13.2 Å². The number of hydrogen-bond acceptors (Lipinski definition) is 3. The van der Waals surface area contributed by atoms with Crippen molar-refractivity contribution in [2.24, 2.45) is 0 Å². The van der Waals surface area contributed by atoms with Gasteiger partial charge in [-0.1, -0.05) is 13.8 Å². The molecule has 0 saturated carbocycles. The molecule has 0 bridgehead atoms. The summed E-state index contributed by atoms with van der Waals surface area (Å²) in [4.78, 5) is 0. The number of rotatable bonds is 6. The summed E-state index contributed by atoms with van der Waals surface area (Å²) in [7, 11) is -2.16. The van der Waals surface area contributed by atoms with Gasteiger partial charge in [-0.2, -0.15) is 0 Å². The van der Waals surface area contributed by atoms with Crippen LogP contribution in [0.1, 0.15) is 26.7 Å². The molecule has 0 fully saturated rings. The van der Waals surface area contributed by atoms with Gasteiger partial charge in [0.2, 0.25) is 0 Å². The molecule has 0 aromatic heterocycles. The molecule has 0 aliphatic carbocycles. The summed E-state index contributed by atoms with van der Waals surface area (Å²) in [5.74, 6) is 0. The Morgan fingerprint density at radius 2 is 1.45 bits per heavy atom. The fraction of sp³-hybridized carbons (Fsp3) is 1.00. The predicted octanol–water partition coefficient (Wildman–Crippen LogP) is 2.23. The van der Waals surface area contributed by atoms with Gasteiger partial charge in [0.1, 0.15) is 0 Å². The van der Waals surface area contributed by atoms with Gasteiger partial charge < -0.3 is 9.05 Å². The van der Waals surface area contributed by atoms with Gasteiger partial charge in [0.25, 0.3) is 0 Å². The van der Waals surface area contributed by atoms with Crippen molar-refractivity contribution in [2.45, 2.75) is 26.7 Å². The first-order chi connectivity index (χ1) is 4.81. The second-order valence-corrected chi connectivity index (χ2v) is 3.02. The van der Waals surface area contributed by atoms with Crippen LogP contribution >= 0.6 is 8.25 Å². The first kappa shape index (κ1) is 14.3. The van der Waals surface area contributed by atoms with Crippen LogP contribution in [0.5, 0.6) is 0 Å². The fourth-order valence-electron chi connectivity index (χ4n) is 0.412. The van der Waals surface area contributed by atoms with Gasteiger partial charge >= 0.3 is 8.25 Å². The third-order valence-corrected chi connectivity index (χ3v) is 1.73. The predicted molar refractivity (Wildman–Crippen MR) is 41.5 cm³/mol. The van der Waals surface area contributed by atoms with Crippen LogP contribution in [0.2, 0.25) is 0 Å². The van der Waals surface area contributed by atoms with Crippen LogP contribution in [0, 0.1) is 0 Å². The Morgan fingerprint density at radius 1 is 1.09 bits per heavy atom. The van der Waals surface area contributed by atoms with E-state index in [1.165, 1.54) is 0 Å². The second-order valence-electron chi connectivity index (χ2n) is 1.95. The van der Waals surface area contributed by atoms with Crippen LogP contribution in [-0.4, -0.2) is 13.2 Å². The molecule has 3 nitrogen and oxygen atoms in total. The molecule has 0 heterocycles. The summed E-state index contributed by atoms with van der Waals surface area (Å²) >= 11 is 0. The maximum Gasteiger partial charge on any atom is 0.319 e. The van der Waals surface area contributed by atoms with Crippen LogP contribution in [-0.2, 0) is 33.1 Å². The molecule has 0 unspecified atom stereocenters. The summed E-state index contributed by atoms with van der Waals surface area (Å²) in [6.07, 6.45) is 1.76.